The molecule has 1 heterocycles. The Bertz CT molecular complexity index is 854. The summed E-state index contributed by atoms with van der Waals surface area (Å²) in [5.41, 5.74) is 2.27. The summed E-state index contributed by atoms with van der Waals surface area (Å²) >= 11 is 3.44. The SMILES string of the molecule is O=C(O)CCC(=O)N1CC(=O)Nc2ccc(Br)cc2C1c1ccccc1. The van der Waals surface area contributed by atoms with Gasteiger partial charge in [-0.05, 0) is 23.8 Å². The number of carbonyl (C=O) groups is 3. The second-order valence-corrected chi connectivity index (χ2v) is 6.92. The molecule has 0 aromatic heterocycles. The highest BCUT2D eigenvalue weighted by Crippen LogP contribution is 2.37. The second-order valence-electron chi connectivity index (χ2n) is 6.01. The summed E-state index contributed by atoms with van der Waals surface area (Å²) in [4.78, 5) is 37.4. The van der Waals surface area contributed by atoms with E-state index in [9.17, 15) is 14.4 Å². The highest BCUT2D eigenvalue weighted by molar-refractivity contribution is 9.10. The number of halogens is 1. The molecule has 0 radical (unpaired) electrons. The van der Waals surface area contributed by atoms with E-state index in [2.05, 4.69) is 21.2 Å². The van der Waals surface area contributed by atoms with Gasteiger partial charge in [0, 0.05) is 22.1 Å². The zero-order chi connectivity index (χ0) is 18.7. The van der Waals surface area contributed by atoms with Crippen LogP contribution in [0.1, 0.15) is 30.0 Å². The van der Waals surface area contributed by atoms with Crippen molar-refractivity contribution in [3.63, 3.8) is 0 Å². The molecule has 0 saturated heterocycles. The molecule has 26 heavy (non-hydrogen) atoms. The Hall–Kier alpha value is -2.67. The molecular formula is C19H17BrN2O4. The van der Waals surface area contributed by atoms with Crippen molar-refractivity contribution in [3.8, 4) is 0 Å². The van der Waals surface area contributed by atoms with Crippen LogP contribution in [0.2, 0.25) is 0 Å². The summed E-state index contributed by atoms with van der Waals surface area (Å²) in [6.45, 7) is -0.135. The second kappa shape index (κ2) is 7.70. The molecule has 3 rings (SSSR count). The summed E-state index contributed by atoms with van der Waals surface area (Å²) in [5, 5.41) is 11.7. The number of hydrogen-bond acceptors (Lipinski definition) is 3. The van der Waals surface area contributed by atoms with Crippen LogP contribution in [-0.4, -0.2) is 34.3 Å². The van der Waals surface area contributed by atoms with Crippen molar-refractivity contribution in [1.82, 2.24) is 4.90 Å². The average molecular weight is 417 g/mol. The molecule has 2 amide bonds. The lowest BCUT2D eigenvalue weighted by Crippen LogP contribution is -2.39. The van der Waals surface area contributed by atoms with Gasteiger partial charge in [0.05, 0.1) is 12.5 Å². The first-order chi connectivity index (χ1) is 12.5. The fourth-order valence-corrected chi connectivity index (χ4v) is 3.44. The Morgan fingerprint density at radius 2 is 1.88 bits per heavy atom. The van der Waals surface area contributed by atoms with E-state index < -0.39 is 12.0 Å². The van der Waals surface area contributed by atoms with E-state index >= 15 is 0 Å². The van der Waals surface area contributed by atoms with E-state index in [-0.39, 0.29) is 31.2 Å². The van der Waals surface area contributed by atoms with Crippen molar-refractivity contribution < 1.29 is 19.5 Å². The van der Waals surface area contributed by atoms with Crippen molar-refractivity contribution in [2.24, 2.45) is 0 Å². The van der Waals surface area contributed by atoms with Crippen LogP contribution in [0.5, 0.6) is 0 Å². The van der Waals surface area contributed by atoms with E-state index in [0.29, 0.717) is 5.69 Å². The van der Waals surface area contributed by atoms with E-state index in [4.69, 9.17) is 5.11 Å². The fraction of sp³-hybridized carbons (Fsp3) is 0.211. The lowest BCUT2D eigenvalue weighted by atomic mass is 9.95. The first kappa shape index (κ1) is 18.1. The Kier molecular flexibility index (Phi) is 5.37. The van der Waals surface area contributed by atoms with Crippen LogP contribution in [-0.2, 0) is 14.4 Å². The van der Waals surface area contributed by atoms with Gasteiger partial charge in [-0.3, -0.25) is 14.4 Å². The number of anilines is 1. The Morgan fingerprint density at radius 1 is 1.15 bits per heavy atom. The van der Waals surface area contributed by atoms with Gasteiger partial charge in [0.25, 0.3) is 0 Å². The van der Waals surface area contributed by atoms with Gasteiger partial charge >= 0.3 is 5.97 Å². The van der Waals surface area contributed by atoms with Crippen LogP contribution in [0.25, 0.3) is 0 Å². The van der Waals surface area contributed by atoms with Gasteiger partial charge in [-0.15, -0.1) is 0 Å². The number of amides is 2. The van der Waals surface area contributed by atoms with Crippen LogP contribution in [0.4, 0.5) is 5.69 Å². The highest BCUT2D eigenvalue weighted by atomic mass is 79.9. The van der Waals surface area contributed by atoms with Crippen molar-refractivity contribution in [2.45, 2.75) is 18.9 Å². The van der Waals surface area contributed by atoms with Crippen LogP contribution in [0, 0.1) is 0 Å². The Balaban J connectivity index is 2.09. The molecule has 2 aromatic carbocycles. The van der Waals surface area contributed by atoms with Gasteiger partial charge in [-0.1, -0.05) is 46.3 Å². The summed E-state index contributed by atoms with van der Waals surface area (Å²) in [7, 11) is 0. The number of rotatable bonds is 4. The quantitative estimate of drug-likeness (QED) is 0.800. The maximum atomic E-state index is 12.8. The van der Waals surface area contributed by atoms with Crippen LogP contribution in [0.15, 0.2) is 53.0 Å². The zero-order valence-electron chi connectivity index (χ0n) is 13.8. The van der Waals surface area contributed by atoms with Gasteiger partial charge in [0.2, 0.25) is 11.8 Å². The molecule has 7 heteroatoms. The predicted molar refractivity (Wildman–Crippen MR) is 99.6 cm³/mol. The maximum absolute atomic E-state index is 12.8. The van der Waals surface area contributed by atoms with Gasteiger partial charge in [0.1, 0.15) is 6.54 Å². The molecular weight excluding hydrogens is 400 g/mol. The minimum atomic E-state index is -1.04. The van der Waals surface area contributed by atoms with Crippen LogP contribution < -0.4 is 5.32 Å². The number of benzene rings is 2. The average Bonchev–Trinajstić information content (AvgIpc) is 2.76. The van der Waals surface area contributed by atoms with Crippen molar-refractivity contribution in [1.29, 1.82) is 0 Å². The summed E-state index contributed by atoms with van der Waals surface area (Å²) in [6, 6.07) is 14.4. The molecule has 1 aliphatic rings. The van der Waals surface area contributed by atoms with Gasteiger partial charge in [0.15, 0.2) is 0 Å². The third kappa shape index (κ3) is 3.94. The summed E-state index contributed by atoms with van der Waals surface area (Å²) in [6.07, 6.45) is -0.431. The zero-order valence-corrected chi connectivity index (χ0v) is 15.4. The molecule has 134 valence electrons. The normalized spacial score (nSPS) is 16.4. The number of carbonyl (C=O) groups excluding carboxylic acids is 2. The smallest absolute Gasteiger partial charge is 0.303 e. The number of carboxylic acid groups (broad SMARTS) is 1. The van der Waals surface area contributed by atoms with E-state index in [1.54, 1.807) is 6.07 Å². The van der Waals surface area contributed by atoms with E-state index in [1.165, 1.54) is 4.90 Å². The number of aliphatic carboxylic acids is 1. The lowest BCUT2D eigenvalue weighted by molar-refractivity contribution is -0.142. The van der Waals surface area contributed by atoms with Crippen molar-refractivity contribution in [2.75, 3.05) is 11.9 Å². The van der Waals surface area contributed by atoms with Gasteiger partial charge < -0.3 is 15.3 Å². The Labute approximate surface area is 158 Å². The molecule has 1 atom stereocenters. The summed E-state index contributed by atoms with van der Waals surface area (Å²) in [5.74, 6) is -1.73. The third-order valence-electron chi connectivity index (χ3n) is 4.20. The monoisotopic (exact) mass is 416 g/mol. The van der Waals surface area contributed by atoms with Crippen LogP contribution in [0.3, 0.4) is 0 Å². The number of hydrogen-bond donors (Lipinski definition) is 2. The molecule has 0 aliphatic carbocycles. The fourth-order valence-electron chi connectivity index (χ4n) is 3.06. The van der Waals surface area contributed by atoms with Gasteiger partial charge in [-0.2, -0.15) is 0 Å². The standard InChI is InChI=1S/C19H17BrN2O4/c20-13-6-7-15-14(10-13)19(12-4-2-1-3-5-12)22(11-16(23)21-15)17(24)8-9-18(25)26/h1-7,10,19H,8-9,11H2,(H,21,23)(H,25,26). The minimum absolute atomic E-state index is 0.135. The van der Waals surface area contributed by atoms with Gasteiger partial charge in [-0.25, -0.2) is 0 Å². The third-order valence-corrected chi connectivity index (χ3v) is 4.69. The maximum Gasteiger partial charge on any atom is 0.303 e. The number of carboxylic acids is 1. The molecule has 1 aliphatic heterocycles. The summed E-state index contributed by atoms with van der Waals surface area (Å²) < 4.78 is 0.825. The first-order valence-corrected chi connectivity index (χ1v) is 8.90. The molecule has 1 unspecified atom stereocenters. The topological polar surface area (TPSA) is 86.7 Å². The molecule has 0 spiro atoms. The van der Waals surface area contributed by atoms with Crippen LogP contribution >= 0.6 is 15.9 Å². The van der Waals surface area contributed by atoms with E-state index in [1.807, 2.05) is 42.5 Å². The largest absolute Gasteiger partial charge is 0.481 e. The molecule has 0 fully saturated rings. The first-order valence-electron chi connectivity index (χ1n) is 8.11. The minimum Gasteiger partial charge on any atom is -0.481 e. The molecule has 2 aromatic rings. The number of nitrogens with zero attached hydrogens (tertiary/aromatic N) is 1. The van der Waals surface area contributed by atoms with Crippen molar-refractivity contribution in [3.05, 3.63) is 64.1 Å². The molecule has 6 nitrogen and oxygen atoms in total. The van der Waals surface area contributed by atoms with Crippen molar-refractivity contribution >= 4 is 39.4 Å². The molecule has 2 N–H and O–H groups in total. The highest BCUT2D eigenvalue weighted by Gasteiger charge is 2.33. The predicted octanol–water partition coefficient (Wildman–Crippen LogP) is 3.18. The van der Waals surface area contributed by atoms with E-state index in [0.717, 1.165) is 15.6 Å². The molecule has 0 bridgehead atoms. The number of nitrogens with one attached hydrogen (secondary N) is 1. The number of fused-ring (bicyclic) bond motifs is 1. The molecule has 0 saturated carbocycles. The Morgan fingerprint density at radius 3 is 2.58 bits per heavy atom. The lowest BCUT2D eigenvalue weighted by Gasteiger charge is -2.30.